The summed E-state index contributed by atoms with van der Waals surface area (Å²) < 4.78 is 0. The first-order chi connectivity index (χ1) is 18.5. The van der Waals surface area contributed by atoms with Crippen molar-refractivity contribution in [3.63, 3.8) is 0 Å². The van der Waals surface area contributed by atoms with Crippen molar-refractivity contribution in [2.24, 2.45) is 5.41 Å². The minimum Gasteiger partial charge on any atom is -0.350 e. The van der Waals surface area contributed by atoms with E-state index in [2.05, 4.69) is 15.3 Å². The lowest BCUT2D eigenvalue weighted by Crippen LogP contribution is -2.59. The van der Waals surface area contributed by atoms with Crippen molar-refractivity contribution in [2.75, 3.05) is 13.1 Å². The number of piperazine rings is 1. The zero-order valence-electron chi connectivity index (χ0n) is 21.8. The molecular weight excluding hydrogens is 537 g/mol. The number of fused-ring (bicyclic) bond motifs is 4. The van der Waals surface area contributed by atoms with E-state index < -0.39 is 11.5 Å². The van der Waals surface area contributed by atoms with Crippen molar-refractivity contribution in [1.82, 2.24) is 25.1 Å². The van der Waals surface area contributed by atoms with Crippen LogP contribution in [0.1, 0.15) is 48.2 Å². The summed E-state index contributed by atoms with van der Waals surface area (Å²) in [4.78, 5) is 50.4. The molecule has 3 atom stereocenters. The zero-order chi connectivity index (χ0) is 27.6. The summed E-state index contributed by atoms with van der Waals surface area (Å²) in [5, 5.41) is 5.94. The lowest BCUT2D eigenvalue weighted by atomic mass is 9.85. The summed E-state index contributed by atoms with van der Waals surface area (Å²) in [6.45, 7) is 6.71. The number of H-pyrrole nitrogens is 2. The van der Waals surface area contributed by atoms with E-state index in [1.54, 1.807) is 30.3 Å². The average Bonchev–Trinajstić information content (AvgIpc) is 3.66. The summed E-state index contributed by atoms with van der Waals surface area (Å²) in [5.74, 6) is -0.563. The molecule has 1 unspecified atom stereocenters. The molecule has 0 radical (unpaired) electrons. The van der Waals surface area contributed by atoms with Gasteiger partial charge in [0.05, 0.1) is 12.1 Å². The predicted molar refractivity (Wildman–Crippen MR) is 152 cm³/mol. The molecule has 8 nitrogen and oxygen atoms in total. The molecule has 2 aromatic carbocycles. The summed E-state index contributed by atoms with van der Waals surface area (Å²) >= 11 is 12.2. The second-order valence-electron chi connectivity index (χ2n) is 11.6. The van der Waals surface area contributed by atoms with Crippen LogP contribution in [-0.4, -0.2) is 68.7 Å². The van der Waals surface area contributed by atoms with Gasteiger partial charge in [-0.15, -0.1) is 0 Å². The van der Waals surface area contributed by atoms with E-state index in [9.17, 15) is 14.4 Å². The Bertz CT molecular complexity index is 1630. The van der Waals surface area contributed by atoms with Gasteiger partial charge < -0.3 is 25.1 Å². The van der Waals surface area contributed by atoms with Gasteiger partial charge in [-0.3, -0.25) is 14.4 Å². The number of aromatic nitrogens is 2. The van der Waals surface area contributed by atoms with Gasteiger partial charge in [0.15, 0.2) is 0 Å². The molecule has 6 rings (SSSR count). The molecule has 4 heterocycles. The van der Waals surface area contributed by atoms with Crippen LogP contribution in [0.5, 0.6) is 0 Å². The second kappa shape index (κ2) is 9.31. The maximum atomic E-state index is 13.8. The number of nitrogens with one attached hydrogen (secondary N) is 3. The van der Waals surface area contributed by atoms with Crippen molar-refractivity contribution in [3.8, 4) is 0 Å². The maximum Gasteiger partial charge on any atom is 0.270 e. The molecule has 3 amide bonds. The van der Waals surface area contributed by atoms with E-state index in [1.165, 1.54) is 0 Å². The number of benzene rings is 2. The van der Waals surface area contributed by atoms with Crippen LogP contribution in [0.4, 0.5) is 0 Å². The number of nitrogens with zero attached hydrogens (tertiary/aromatic N) is 2. The Balaban J connectivity index is 1.16. The molecule has 2 fully saturated rings. The Hall–Kier alpha value is -3.49. The third-order valence-corrected chi connectivity index (χ3v) is 8.29. The molecule has 2 aliphatic rings. The molecular formula is C29H29Cl2N5O3. The molecule has 2 aliphatic heterocycles. The van der Waals surface area contributed by atoms with Crippen molar-refractivity contribution >= 4 is 62.7 Å². The number of rotatable bonds is 4. The van der Waals surface area contributed by atoms with Crippen LogP contribution < -0.4 is 5.32 Å². The van der Waals surface area contributed by atoms with Gasteiger partial charge in [0.2, 0.25) is 5.91 Å². The fraction of sp³-hybridized carbons (Fsp3) is 0.345. The summed E-state index contributed by atoms with van der Waals surface area (Å²) in [7, 11) is 0. The Morgan fingerprint density at radius 2 is 1.38 bits per heavy atom. The molecule has 2 aromatic heterocycles. The molecule has 0 saturated carbocycles. The quantitative estimate of drug-likeness (QED) is 0.316. The third kappa shape index (κ3) is 4.66. The monoisotopic (exact) mass is 565 g/mol. The molecule has 3 N–H and O–H groups in total. The minimum absolute atomic E-state index is 0.0729. The van der Waals surface area contributed by atoms with Crippen LogP contribution in [0.3, 0.4) is 0 Å². The van der Waals surface area contributed by atoms with Crippen molar-refractivity contribution in [1.29, 1.82) is 0 Å². The Morgan fingerprint density at radius 1 is 0.846 bits per heavy atom. The van der Waals surface area contributed by atoms with Crippen LogP contribution >= 0.6 is 23.2 Å². The Morgan fingerprint density at radius 3 is 1.95 bits per heavy atom. The minimum atomic E-state index is -0.734. The standard InChI is InChI=1S/C29H29Cl2N5O3/c1-29(2,3)25(34-26(37)23-8-15-4-6-17(30)10-21(15)32-23)28(39)36-14-19-12-20(36)13-35(19)27(38)24-9-16-5-7-18(31)11-22(16)33-24/h4-11,19-20,25,32-33H,12-14H2,1-3H3,(H,34,37)/t19-,20+,25?/m0/s1. The molecule has 39 heavy (non-hydrogen) atoms. The lowest BCUT2D eigenvalue weighted by molar-refractivity contribution is -0.138. The van der Waals surface area contributed by atoms with E-state index in [-0.39, 0.29) is 29.8 Å². The van der Waals surface area contributed by atoms with Crippen LogP contribution in [0.2, 0.25) is 10.0 Å². The highest BCUT2D eigenvalue weighted by Gasteiger charge is 2.50. The Kier molecular flexibility index (Phi) is 6.15. The van der Waals surface area contributed by atoms with E-state index >= 15 is 0 Å². The van der Waals surface area contributed by atoms with Crippen molar-refractivity contribution < 1.29 is 14.4 Å². The first-order valence-electron chi connectivity index (χ1n) is 13.0. The number of hydrogen-bond acceptors (Lipinski definition) is 3. The smallest absolute Gasteiger partial charge is 0.270 e. The van der Waals surface area contributed by atoms with E-state index in [0.717, 1.165) is 28.2 Å². The number of aromatic amines is 2. The number of carbonyl (C=O) groups is 3. The lowest BCUT2D eigenvalue weighted by Gasteiger charge is -2.39. The summed E-state index contributed by atoms with van der Waals surface area (Å²) in [6, 6.07) is 13.5. The highest BCUT2D eigenvalue weighted by molar-refractivity contribution is 6.31. The van der Waals surface area contributed by atoms with Gasteiger partial charge in [-0.25, -0.2) is 0 Å². The fourth-order valence-electron chi connectivity index (χ4n) is 5.80. The summed E-state index contributed by atoms with van der Waals surface area (Å²) in [5.41, 5.74) is 1.93. The van der Waals surface area contributed by atoms with Crippen LogP contribution in [0.15, 0.2) is 48.5 Å². The second-order valence-corrected chi connectivity index (χ2v) is 12.5. The van der Waals surface area contributed by atoms with Crippen LogP contribution in [0, 0.1) is 5.41 Å². The van der Waals surface area contributed by atoms with Gasteiger partial charge in [0.1, 0.15) is 17.4 Å². The van der Waals surface area contributed by atoms with E-state index in [4.69, 9.17) is 23.2 Å². The van der Waals surface area contributed by atoms with Crippen LogP contribution in [-0.2, 0) is 4.79 Å². The zero-order valence-corrected chi connectivity index (χ0v) is 23.4. The third-order valence-electron chi connectivity index (χ3n) is 7.82. The van der Waals surface area contributed by atoms with E-state index in [0.29, 0.717) is 34.5 Å². The van der Waals surface area contributed by atoms with Gasteiger partial charge in [-0.05, 0) is 48.2 Å². The number of halogens is 2. The summed E-state index contributed by atoms with van der Waals surface area (Å²) in [6.07, 6.45) is 0.719. The predicted octanol–water partition coefficient (Wildman–Crippen LogP) is 5.23. The maximum absolute atomic E-state index is 13.8. The number of carbonyl (C=O) groups excluding carboxylic acids is 3. The fourth-order valence-corrected chi connectivity index (χ4v) is 6.14. The first kappa shape index (κ1) is 25.8. The molecule has 0 spiro atoms. The highest BCUT2D eigenvalue weighted by Crippen LogP contribution is 2.34. The van der Waals surface area contributed by atoms with Crippen molar-refractivity contribution in [3.05, 3.63) is 70.0 Å². The molecule has 4 aromatic rings. The van der Waals surface area contributed by atoms with Gasteiger partial charge in [0.25, 0.3) is 11.8 Å². The molecule has 0 aliphatic carbocycles. The van der Waals surface area contributed by atoms with Gasteiger partial charge in [0, 0.05) is 44.9 Å². The SMILES string of the molecule is CC(C)(C)C(NC(=O)c1cc2ccc(Cl)cc2[nH]1)C(=O)N1C[C@@H]2C[C@@H]1CN2C(=O)c1cc2ccc(Cl)cc2[nH]1. The Labute approximate surface area is 235 Å². The van der Waals surface area contributed by atoms with Gasteiger partial charge in [-0.2, -0.15) is 0 Å². The van der Waals surface area contributed by atoms with Gasteiger partial charge in [-0.1, -0.05) is 56.1 Å². The van der Waals surface area contributed by atoms with Crippen LogP contribution in [0.25, 0.3) is 21.8 Å². The van der Waals surface area contributed by atoms with E-state index in [1.807, 2.05) is 48.8 Å². The topological polar surface area (TPSA) is 101 Å². The average molecular weight is 566 g/mol. The number of likely N-dealkylation sites (tertiary alicyclic amines) is 2. The van der Waals surface area contributed by atoms with Gasteiger partial charge >= 0.3 is 0 Å². The number of amides is 3. The molecule has 2 saturated heterocycles. The normalized spacial score (nSPS) is 19.7. The number of hydrogen-bond donors (Lipinski definition) is 3. The largest absolute Gasteiger partial charge is 0.350 e. The highest BCUT2D eigenvalue weighted by atomic mass is 35.5. The van der Waals surface area contributed by atoms with Crippen molar-refractivity contribution in [2.45, 2.75) is 45.3 Å². The molecule has 202 valence electrons. The first-order valence-corrected chi connectivity index (χ1v) is 13.7. The molecule has 2 bridgehead atoms. The molecule has 10 heteroatoms.